The molecule has 2 aromatic heterocycles. The van der Waals surface area contributed by atoms with Gasteiger partial charge >= 0.3 is 0 Å². The number of aryl methyl sites for hydroxylation is 2. The molecule has 0 unspecified atom stereocenters. The molecule has 1 aromatic carbocycles. The molecule has 102 valence electrons. The van der Waals surface area contributed by atoms with Crippen LogP contribution in [0.4, 0.5) is 0 Å². The van der Waals surface area contributed by atoms with E-state index in [9.17, 15) is 0 Å². The Balaban J connectivity index is 1.99. The van der Waals surface area contributed by atoms with Crippen LogP contribution in [-0.2, 0) is 13.6 Å². The third-order valence-electron chi connectivity index (χ3n) is 3.33. The molecule has 0 saturated heterocycles. The van der Waals surface area contributed by atoms with E-state index in [0.717, 1.165) is 33.8 Å². The van der Waals surface area contributed by atoms with Crippen molar-refractivity contribution in [1.29, 1.82) is 0 Å². The number of halogens is 1. The Morgan fingerprint density at radius 1 is 1.20 bits per heavy atom. The smallest absolute Gasteiger partial charge is 0.140 e. The minimum atomic E-state index is 0.738. The van der Waals surface area contributed by atoms with Gasteiger partial charge in [0.25, 0.3) is 0 Å². The standard InChI is InChI=1S/C15H15BrN4/c1-11-14(16)13(19(2)18-11)10-20-9-8-17-15(20)12-6-4-3-5-7-12/h3-9H,10H2,1-2H3. The molecule has 3 aromatic rings. The van der Waals surface area contributed by atoms with Gasteiger partial charge in [0.15, 0.2) is 0 Å². The zero-order chi connectivity index (χ0) is 14.1. The van der Waals surface area contributed by atoms with E-state index in [0.29, 0.717) is 0 Å². The van der Waals surface area contributed by atoms with E-state index in [1.807, 2.05) is 49.2 Å². The summed E-state index contributed by atoms with van der Waals surface area (Å²) in [6.07, 6.45) is 3.83. The zero-order valence-corrected chi connectivity index (χ0v) is 13.0. The van der Waals surface area contributed by atoms with Gasteiger partial charge in [0.1, 0.15) is 5.82 Å². The van der Waals surface area contributed by atoms with Crippen molar-refractivity contribution in [3.63, 3.8) is 0 Å². The summed E-state index contributed by atoms with van der Waals surface area (Å²) in [5, 5.41) is 4.43. The number of hydrogen-bond donors (Lipinski definition) is 0. The fourth-order valence-electron chi connectivity index (χ4n) is 2.30. The molecule has 0 amide bonds. The molecule has 5 heteroatoms. The molecule has 3 rings (SSSR count). The molecular weight excluding hydrogens is 316 g/mol. The minimum Gasteiger partial charge on any atom is -0.325 e. The maximum atomic E-state index is 4.47. The van der Waals surface area contributed by atoms with E-state index in [4.69, 9.17) is 0 Å². The van der Waals surface area contributed by atoms with Gasteiger partial charge in [0, 0.05) is 25.0 Å². The van der Waals surface area contributed by atoms with Gasteiger partial charge < -0.3 is 4.57 Å². The average molecular weight is 331 g/mol. The molecular formula is C15H15BrN4. The largest absolute Gasteiger partial charge is 0.325 e. The highest BCUT2D eigenvalue weighted by atomic mass is 79.9. The van der Waals surface area contributed by atoms with Crippen LogP contribution in [0.1, 0.15) is 11.4 Å². The van der Waals surface area contributed by atoms with E-state index in [1.165, 1.54) is 0 Å². The number of imidazole rings is 1. The first-order valence-electron chi connectivity index (χ1n) is 6.41. The second-order valence-corrected chi connectivity index (χ2v) is 5.51. The van der Waals surface area contributed by atoms with Crippen molar-refractivity contribution in [2.75, 3.05) is 0 Å². The topological polar surface area (TPSA) is 35.6 Å². The maximum absolute atomic E-state index is 4.47. The first-order valence-corrected chi connectivity index (χ1v) is 7.20. The van der Waals surface area contributed by atoms with Crippen molar-refractivity contribution in [2.45, 2.75) is 13.5 Å². The van der Waals surface area contributed by atoms with Crippen LogP contribution in [0.5, 0.6) is 0 Å². The van der Waals surface area contributed by atoms with Gasteiger partial charge in [-0.2, -0.15) is 5.10 Å². The molecule has 4 nitrogen and oxygen atoms in total. The van der Waals surface area contributed by atoms with Crippen LogP contribution in [0.3, 0.4) is 0 Å². The van der Waals surface area contributed by atoms with Gasteiger partial charge in [0.05, 0.1) is 22.4 Å². The molecule has 0 fully saturated rings. The van der Waals surface area contributed by atoms with Gasteiger partial charge in [-0.15, -0.1) is 0 Å². The van der Waals surface area contributed by atoms with Crippen molar-refractivity contribution in [1.82, 2.24) is 19.3 Å². The number of benzene rings is 1. The lowest BCUT2D eigenvalue weighted by atomic mass is 10.2. The van der Waals surface area contributed by atoms with Gasteiger partial charge in [-0.25, -0.2) is 4.98 Å². The monoisotopic (exact) mass is 330 g/mol. The molecule has 0 N–H and O–H groups in total. The van der Waals surface area contributed by atoms with Crippen LogP contribution in [0.2, 0.25) is 0 Å². The van der Waals surface area contributed by atoms with Crippen LogP contribution in [-0.4, -0.2) is 19.3 Å². The summed E-state index contributed by atoms with van der Waals surface area (Å²) in [5.74, 6) is 0.969. The molecule has 2 heterocycles. The lowest BCUT2D eigenvalue weighted by Gasteiger charge is -2.09. The van der Waals surface area contributed by atoms with Gasteiger partial charge in [-0.05, 0) is 22.9 Å². The first kappa shape index (κ1) is 13.1. The SMILES string of the molecule is Cc1nn(C)c(Cn2ccnc2-c2ccccc2)c1Br. The van der Waals surface area contributed by atoms with Crippen molar-refractivity contribution in [3.8, 4) is 11.4 Å². The Hall–Kier alpha value is -1.88. The number of aromatic nitrogens is 4. The predicted octanol–water partition coefficient (Wildman–Crippen LogP) is 3.40. The lowest BCUT2D eigenvalue weighted by Crippen LogP contribution is -2.06. The van der Waals surface area contributed by atoms with Crippen molar-refractivity contribution in [2.24, 2.45) is 7.05 Å². The molecule has 0 aliphatic carbocycles. The fraction of sp³-hybridized carbons (Fsp3) is 0.200. The zero-order valence-electron chi connectivity index (χ0n) is 11.4. The normalized spacial score (nSPS) is 10.9. The van der Waals surface area contributed by atoms with Crippen molar-refractivity contribution >= 4 is 15.9 Å². The Bertz CT molecular complexity index is 728. The molecule has 0 radical (unpaired) electrons. The molecule has 0 saturated carbocycles. The maximum Gasteiger partial charge on any atom is 0.140 e. The third kappa shape index (κ3) is 2.29. The summed E-state index contributed by atoms with van der Waals surface area (Å²) < 4.78 is 5.11. The molecule has 20 heavy (non-hydrogen) atoms. The Labute approximate surface area is 126 Å². The summed E-state index contributed by atoms with van der Waals surface area (Å²) in [7, 11) is 1.96. The second kappa shape index (κ2) is 5.25. The van der Waals surface area contributed by atoms with Crippen LogP contribution in [0.15, 0.2) is 47.2 Å². The summed E-state index contributed by atoms with van der Waals surface area (Å²) >= 11 is 3.61. The molecule has 0 atom stereocenters. The van der Waals surface area contributed by atoms with Crippen molar-refractivity contribution < 1.29 is 0 Å². The highest BCUT2D eigenvalue weighted by molar-refractivity contribution is 9.10. The van der Waals surface area contributed by atoms with Crippen LogP contribution in [0.25, 0.3) is 11.4 Å². The number of hydrogen-bond acceptors (Lipinski definition) is 2. The second-order valence-electron chi connectivity index (χ2n) is 4.71. The molecule has 0 aliphatic heterocycles. The summed E-state index contributed by atoms with van der Waals surface area (Å²) in [6, 6.07) is 10.2. The number of nitrogens with zero attached hydrogens (tertiary/aromatic N) is 4. The van der Waals surface area contributed by atoms with Gasteiger partial charge in [0.2, 0.25) is 0 Å². The summed E-state index contributed by atoms with van der Waals surface area (Å²) in [6.45, 7) is 2.74. The van der Waals surface area contributed by atoms with Crippen LogP contribution >= 0.6 is 15.9 Å². The van der Waals surface area contributed by atoms with Gasteiger partial charge in [-0.3, -0.25) is 4.68 Å². The van der Waals surface area contributed by atoms with Crippen molar-refractivity contribution in [3.05, 3.63) is 58.6 Å². The van der Waals surface area contributed by atoms with Gasteiger partial charge in [-0.1, -0.05) is 30.3 Å². The summed E-state index contributed by atoms with van der Waals surface area (Å²) in [5.41, 5.74) is 3.26. The minimum absolute atomic E-state index is 0.738. The number of rotatable bonds is 3. The molecule has 0 aliphatic rings. The van der Waals surface area contributed by atoms with E-state index < -0.39 is 0 Å². The molecule has 0 spiro atoms. The van der Waals surface area contributed by atoms with Crippen LogP contribution in [0, 0.1) is 6.92 Å². The highest BCUT2D eigenvalue weighted by Gasteiger charge is 2.13. The van der Waals surface area contributed by atoms with E-state index in [-0.39, 0.29) is 0 Å². The van der Waals surface area contributed by atoms with E-state index >= 15 is 0 Å². The predicted molar refractivity (Wildman–Crippen MR) is 82.4 cm³/mol. The Morgan fingerprint density at radius 2 is 1.95 bits per heavy atom. The Morgan fingerprint density at radius 3 is 2.60 bits per heavy atom. The fourth-order valence-corrected chi connectivity index (χ4v) is 2.76. The quantitative estimate of drug-likeness (QED) is 0.737. The van der Waals surface area contributed by atoms with Crippen LogP contribution < -0.4 is 0 Å². The van der Waals surface area contributed by atoms with E-state index in [1.54, 1.807) is 0 Å². The summed E-state index contributed by atoms with van der Waals surface area (Å²) in [4.78, 5) is 4.47. The third-order valence-corrected chi connectivity index (χ3v) is 4.36. The average Bonchev–Trinajstić information content (AvgIpc) is 3.01. The van der Waals surface area contributed by atoms with E-state index in [2.05, 4.69) is 42.7 Å². The Kier molecular flexibility index (Phi) is 3.44. The first-order chi connectivity index (χ1) is 9.66. The lowest BCUT2D eigenvalue weighted by molar-refractivity contribution is 0.664. The highest BCUT2D eigenvalue weighted by Crippen LogP contribution is 2.23. The molecule has 0 bridgehead atoms.